The summed E-state index contributed by atoms with van der Waals surface area (Å²) in [6, 6.07) is 11.9. The molecule has 0 unspecified atom stereocenters. The Labute approximate surface area is 150 Å². The number of hydrogen-bond acceptors (Lipinski definition) is 5. The molecule has 2 fully saturated rings. The minimum absolute atomic E-state index is 0.187. The number of aliphatic carboxylic acids is 1. The van der Waals surface area contributed by atoms with Gasteiger partial charge >= 0.3 is 5.97 Å². The van der Waals surface area contributed by atoms with E-state index in [1.807, 2.05) is 36.4 Å². The van der Waals surface area contributed by atoms with Crippen molar-refractivity contribution in [3.05, 3.63) is 42.7 Å². The SMILES string of the molecule is O=C(O)[C@@]12CCC[C@H]1CN(c1cc(-c3ccccc3)nc3ncnn13)C2. The van der Waals surface area contributed by atoms with E-state index in [9.17, 15) is 9.90 Å². The summed E-state index contributed by atoms with van der Waals surface area (Å²) in [5, 5.41) is 14.2. The highest BCUT2D eigenvalue weighted by molar-refractivity contribution is 5.78. The molecule has 5 rings (SSSR count). The molecule has 2 aliphatic rings. The monoisotopic (exact) mass is 349 g/mol. The summed E-state index contributed by atoms with van der Waals surface area (Å²) in [5.41, 5.74) is 1.19. The van der Waals surface area contributed by atoms with Gasteiger partial charge in [-0.3, -0.25) is 4.79 Å². The molecule has 1 aliphatic heterocycles. The first-order chi connectivity index (χ1) is 12.7. The lowest BCUT2D eigenvalue weighted by molar-refractivity contribution is -0.149. The van der Waals surface area contributed by atoms with Crippen LogP contribution in [0.1, 0.15) is 19.3 Å². The highest BCUT2D eigenvalue weighted by Crippen LogP contribution is 2.49. The van der Waals surface area contributed by atoms with Gasteiger partial charge in [0, 0.05) is 24.7 Å². The smallest absolute Gasteiger partial charge is 0.311 e. The van der Waals surface area contributed by atoms with Gasteiger partial charge in [0.2, 0.25) is 0 Å². The molecule has 2 atom stereocenters. The van der Waals surface area contributed by atoms with Gasteiger partial charge in [-0.25, -0.2) is 4.98 Å². The number of nitrogens with zero attached hydrogens (tertiary/aromatic N) is 5. The number of carbonyl (C=O) groups is 1. The van der Waals surface area contributed by atoms with Gasteiger partial charge in [-0.15, -0.1) is 0 Å². The van der Waals surface area contributed by atoms with Crippen molar-refractivity contribution in [3.63, 3.8) is 0 Å². The van der Waals surface area contributed by atoms with E-state index in [-0.39, 0.29) is 5.92 Å². The average molecular weight is 349 g/mol. The highest BCUT2D eigenvalue weighted by atomic mass is 16.4. The molecule has 7 nitrogen and oxygen atoms in total. The number of aromatic nitrogens is 4. The van der Waals surface area contributed by atoms with Crippen LogP contribution in [0.2, 0.25) is 0 Å². The third-order valence-corrected chi connectivity index (χ3v) is 5.92. The van der Waals surface area contributed by atoms with Gasteiger partial charge in [-0.05, 0) is 18.8 Å². The number of anilines is 1. The Morgan fingerprint density at radius 1 is 1.27 bits per heavy atom. The Morgan fingerprint density at radius 3 is 2.88 bits per heavy atom. The zero-order valence-electron chi connectivity index (χ0n) is 14.2. The van der Waals surface area contributed by atoms with Crippen molar-refractivity contribution in [1.82, 2.24) is 19.6 Å². The molecule has 0 bridgehead atoms. The Morgan fingerprint density at radius 2 is 2.12 bits per heavy atom. The average Bonchev–Trinajstić information content (AvgIpc) is 3.35. The van der Waals surface area contributed by atoms with E-state index < -0.39 is 11.4 Å². The molecule has 3 aromatic rings. The van der Waals surface area contributed by atoms with Crippen LogP contribution < -0.4 is 4.90 Å². The predicted molar refractivity (Wildman–Crippen MR) is 95.8 cm³/mol. The number of benzene rings is 1. The van der Waals surface area contributed by atoms with Gasteiger partial charge in [0.05, 0.1) is 11.1 Å². The lowest BCUT2D eigenvalue weighted by atomic mass is 9.81. The van der Waals surface area contributed by atoms with E-state index >= 15 is 0 Å². The van der Waals surface area contributed by atoms with Crippen LogP contribution in [0.3, 0.4) is 0 Å². The second kappa shape index (κ2) is 5.52. The van der Waals surface area contributed by atoms with Crippen molar-refractivity contribution in [2.45, 2.75) is 19.3 Å². The van der Waals surface area contributed by atoms with E-state index in [0.717, 1.165) is 42.9 Å². The molecule has 1 saturated heterocycles. The van der Waals surface area contributed by atoms with Crippen LogP contribution in [-0.4, -0.2) is 43.7 Å². The molecule has 7 heteroatoms. The fourth-order valence-electron chi connectivity index (χ4n) is 4.59. The maximum Gasteiger partial charge on any atom is 0.311 e. The lowest BCUT2D eigenvalue weighted by Gasteiger charge is -2.24. The lowest BCUT2D eigenvalue weighted by Crippen LogP contribution is -2.36. The molecule has 3 heterocycles. The number of hydrogen-bond donors (Lipinski definition) is 1. The topological polar surface area (TPSA) is 83.6 Å². The number of carboxylic acids is 1. The molecular weight excluding hydrogens is 330 g/mol. The highest BCUT2D eigenvalue weighted by Gasteiger charge is 2.55. The van der Waals surface area contributed by atoms with Crippen molar-refractivity contribution in [1.29, 1.82) is 0 Å². The summed E-state index contributed by atoms with van der Waals surface area (Å²) in [5.74, 6) is 0.908. The Hall–Kier alpha value is -2.96. The first kappa shape index (κ1) is 15.3. The van der Waals surface area contributed by atoms with E-state index in [0.29, 0.717) is 12.3 Å². The van der Waals surface area contributed by atoms with Crippen LogP contribution in [0.15, 0.2) is 42.7 Å². The second-order valence-corrected chi connectivity index (χ2v) is 7.27. The van der Waals surface area contributed by atoms with Crippen LogP contribution in [0, 0.1) is 11.3 Å². The normalized spacial score (nSPS) is 24.9. The fourth-order valence-corrected chi connectivity index (χ4v) is 4.59. The molecular formula is C19H19N5O2. The fraction of sp³-hybridized carbons (Fsp3) is 0.368. The van der Waals surface area contributed by atoms with Crippen LogP contribution in [-0.2, 0) is 4.79 Å². The summed E-state index contributed by atoms with van der Waals surface area (Å²) in [4.78, 5) is 23.0. The van der Waals surface area contributed by atoms with Crippen molar-refractivity contribution < 1.29 is 9.90 Å². The molecule has 1 saturated carbocycles. The second-order valence-electron chi connectivity index (χ2n) is 7.27. The van der Waals surface area contributed by atoms with Gasteiger partial charge in [-0.2, -0.15) is 14.6 Å². The number of carboxylic acid groups (broad SMARTS) is 1. The first-order valence-corrected chi connectivity index (χ1v) is 8.92. The Balaban J connectivity index is 1.61. The van der Waals surface area contributed by atoms with Gasteiger partial charge in [0.1, 0.15) is 12.1 Å². The van der Waals surface area contributed by atoms with E-state index in [1.54, 1.807) is 4.52 Å². The summed E-state index contributed by atoms with van der Waals surface area (Å²) < 4.78 is 1.71. The molecule has 1 aliphatic carbocycles. The standard InChI is InChI=1S/C19H19N5O2/c25-17(26)19-8-4-7-14(19)10-23(11-19)16-9-15(13-5-2-1-3-6-13)22-18-20-12-21-24(16)18/h1-3,5-6,9,12,14H,4,7-8,10-11H2,(H,25,26)/t14-,19+/m0/s1. The maximum absolute atomic E-state index is 12.0. The molecule has 132 valence electrons. The van der Waals surface area contributed by atoms with Gasteiger partial charge < -0.3 is 10.0 Å². The van der Waals surface area contributed by atoms with E-state index in [1.165, 1.54) is 6.33 Å². The maximum atomic E-state index is 12.0. The molecule has 0 amide bonds. The molecule has 2 aromatic heterocycles. The largest absolute Gasteiger partial charge is 0.481 e. The minimum Gasteiger partial charge on any atom is -0.481 e. The van der Waals surface area contributed by atoms with E-state index in [2.05, 4.69) is 20.0 Å². The zero-order valence-corrected chi connectivity index (χ0v) is 14.2. The number of fused-ring (bicyclic) bond motifs is 2. The van der Waals surface area contributed by atoms with Crippen molar-refractivity contribution >= 4 is 17.6 Å². The minimum atomic E-state index is -0.672. The molecule has 0 spiro atoms. The van der Waals surface area contributed by atoms with Crippen LogP contribution in [0.5, 0.6) is 0 Å². The Kier molecular flexibility index (Phi) is 3.25. The van der Waals surface area contributed by atoms with Gasteiger partial charge in [-0.1, -0.05) is 36.8 Å². The molecule has 26 heavy (non-hydrogen) atoms. The van der Waals surface area contributed by atoms with E-state index in [4.69, 9.17) is 0 Å². The third-order valence-electron chi connectivity index (χ3n) is 5.92. The summed E-state index contributed by atoms with van der Waals surface area (Å²) in [6.45, 7) is 1.25. The molecule has 1 N–H and O–H groups in total. The predicted octanol–water partition coefficient (Wildman–Crippen LogP) is 2.48. The van der Waals surface area contributed by atoms with Crippen LogP contribution in [0.4, 0.5) is 5.82 Å². The van der Waals surface area contributed by atoms with Crippen LogP contribution in [0.25, 0.3) is 17.0 Å². The summed E-state index contributed by atoms with van der Waals surface area (Å²) in [7, 11) is 0. The van der Waals surface area contributed by atoms with Crippen molar-refractivity contribution in [2.75, 3.05) is 18.0 Å². The zero-order chi connectivity index (χ0) is 17.7. The number of rotatable bonds is 3. The summed E-state index contributed by atoms with van der Waals surface area (Å²) in [6.07, 6.45) is 4.21. The van der Waals surface area contributed by atoms with Crippen molar-refractivity contribution in [3.8, 4) is 11.3 Å². The van der Waals surface area contributed by atoms with Crippen molar-refractivity contribution in [2.24, 2.45) is 11.3 Å². The quantitative estimate of drug-likeness (QED) is 0.782. The third kappa shape index (κ3) is 2.13. The van der Waals surface area contributed by atoms with Crippen LogP contribution >= 0.6 is 0 Å². The van der Waals surface area contributed by atoms with Gasteiger partial charge in [0.15, 0.2) is 0 Å². The Bertz CT molecular complexity index is 986. The first-order valence-electron chi connectivity index (χ1n) is 8.92. The van der Waals surface area contributed by atoms with Gasteiger partial charge in [0.25, 0.3) is 5.78 Å². The summed E-state index contributed by atoms with van der Waals surface area (Å²) >= 11 is 0. The molecule has 1 aromatic carbocycles. The molecule has 0 radical (unpaired) electrons.